The van der Waals surface area contributed by atoms with E-state index in [1.165, 1.54) is 0 Å². The van der Waals surface area contributed by atoms with Crippen LogP contribution in [0.5, 0.6) is 0 Å². The molecule has 1 aliphatic heterocycles. The van der Waals surface area contributed by atoms with Crippen molar-refractivity contribution in [2.24, 2.45) is 28.5 Å². The van der Waals surface area contributed by atoms with Crippen LogP contribution >= 0.6 is 23.2 Å². The zero-order valence-electron chi connectivity index (χ0n) is 20.2. The molecule has 0 radical (unpaired) electrons. The molecule has 38 heavy (non-hydrogen) atoms. The molecule has 202 valence electrons. The van der Waals surface area contributed by atoms with Crippen molar-refractivity contribution in [3.63, 3.8) is 0 Å². The molecule has 2 aromatic carbocycles. The number of hydrogen-bond acceptors (Lipinski definition) is 4. The van der Waals surface area contributed by atoms with Crippen LogP contribution in [0.1, 0.15) is 48.8 Å². The van der Waals surface area contributed by atoms with Gasteiger partial charge in [0.15, 0.2) is 11.9 Å². The fourth-order valence-electron chi connectivity index (χ4n) is 4.72. The third-order valence-electron chi connectivity index (χ3n) is 6.90. The van der Waals surface area contributed by atoms with Gasteiger partial charge in [0.25, 0.3) is 0 Å². The van der Waals surface area contributed by atoms with Gasteiger partial charge in [0.2, 0.25) is 11.8 Å². The van der Waals surface area contributed by atoms with E-state index in [1.54, 1.807) is 42.5 Å². The van der Waals surface area contributed by atoms with Gasteiger partial charge < -0.3 is 11.1 Å². The van der Waals surface area contributed by atoms with Crippen LogP contribution in [0.3, 0.4) is 0 Å². The number of fused-ring (bicyclic) bond motifs is 1. The molecule has 0 spiro atoms. The first-order chi connectivity index (χ1) is 17.9. The van der Waals surface area contributed by atoms with Crippen molar-refractivity contribution < 1.29 is 27.6 Å². The van der Waals surface area contributed by atoms with Crippen molar-refractivity contribution in [2.75, 3.05) is 0 Å². The molecule has 3 atom stereocenters. The number of halogens is 5. The van der Waals surface area contributed by atoms with Crippen molar-refractivity contribution >= 4 is 46.5 Å². The number of alkyl halides is 3. The van der Waals surface area contributed by atoms with E-state index in [4.69, 9.17) is 28.9 Å². The van der Waals surface area contributed by atoms with Gasteiger partial charge in [0.05, 0.1) is 5.71 Å². The van der Waals surface area contributed by atoms with Crippen LogP contribution in [0.15, 0.2) is 47.5 Å². The summed E-state index contributed by atoms with van der Waals surface area (Å²) in [4.78, 5) is 43.4. The summed E-state index contributed by atoms with van der Waals surface area (Å²) in [7, 11) is 0. The molecule has 0 unspecified atom stereocenters. The third-order valence-corrected chi connectivity index (χ3v) is 7.50. The van der Waals surface area contributed by atoms with Gasteiger partial charge in [0.1, 0.15) is 0 Å². The summed E-state index contributed by atoms with van der Waals surface area (Å²) in [6.45, 7) is 0. The minimum Gasteiger partial charge on any atom is -0.369 e. The Labute approximate surface area is 227 Å². The Kier molecular flexibility index (Phi) is 8.47. The number of amides is 2. The summed E-state index contributed by atoms with van der Waals surface area (Å²) in [6, 6.07) is 11.8. The molecule has 2 amide bonds. The van der Waals surface area contributed by atoms with Crippen LogP contribution in [0.4, 0.5) is 13.2 Å². The number of carbonyl (C=O) groups excluding carboxylic acids is 3. The van der Waals surface area contributed by atoms with Gasteiger partial charge in [-0.2, -0.15) is 13.2 Å². The number of nitrogens with two attached hydrogens (primary N) is 1. The number of rotatable bonds is 9. The maximum Gasteiger partial charge on any atom is 0.389 e. The van der Waals surface area contributed by atoms with Crippen molar-refractivity contribution in [3.8, 4) is 0 Å². The molecule has 6 nitrogen and oxygen atoms in total. The molecule has 2 aliphatic rings. The predicted octanol–water partition coefficient (Wildman–Crippen LogP) is 5.26. The Bertz CT molecular complexity index is 1260. The first kappa shape index (κ1) is 28.1. The Morgan fingerprint density at radius 1 is 1.08 bits per heavy atom. The minimum atomic E-state index is -4.53. The monoisotopic (exact) mass is 567 g/mol. The average Bonchev–Trinajstić information content (AvgIpc) is 3.67. The SMILES string of the molecule is NC(=O)[C@@H](CC1CC1)[C@@H](CCC(F)(F)F)C(=O)N[C@H]1N=C(c2ccc(Cl)cc2)c2cccc(Cl)c2CC1=O. The topological polar surface area (TPSA) is 102 Å². The van der Waals surface area contributed by atoms with E-state index in [0.717, 1.165) is 12.8 Å². The molecule has 1 fully saturated rings. The number of primary amides is 1. The predicted molar refractivity (Wildman–Crippen MR) is 138 cm³/mol. The second-order valence-electron chi connectivity index (χ2n) is 9.75. The molecule has 0 saturated heterocycles. The molecule has 11 heteroatoms. The first-order valence-electron chi connectivity index (χ1n) is 12.2. The van der Waals surface area contributed by atoms with Gasteiger partial charge in [0, 0.05) is 45.8 Å². The Morgan fingerprint density at radius 2 is 1.76 bits per heavy atom. The largest absolute Gasteiger partial charge is 0.389 e. The fraction of sp³-hybridized carbons (Fsp3) is 0.407. The number of hydrogen-bond donors (Lipinski definition) is 2. The molecule has 4 rings (SSSR count). The quantitative estimate of drug-likeness (QED) is 0.432. The molecule has 1 heterocycles. The van der Waals surface area contributed by atoms with Gasteiger partial charge in [-0.1, -0.05) is 60.3 Å². The van der Waals surface area contributed by atoms with E-state index in [0.29, 0.717) is 32.4 Å². The normalized spacial score (nSPS) is 19.1. The Hall–Kier alpha value is -2.91. The number of carbonyl (C=O) groups is 3. The number of aliphatic imine (C=N–C) groups is 1. The van der Waals surface area contributed by atoms with Gasteiger partial charge in [-0.05, 0) is 42.5 Å². The summed E-state index contributed by atoms with van der Waals surface area (Å²) in [5.74, 6) is -4.50. The van der Waals surface area contributed by atoms with E-state index in [1.807, 2.05) is 0 Å². The Morgan fingerprint density at radius 3 is 2.37 bits per heavy atom. The lowest BCUT2D eigenvalue weighted by molar-refractivity contribution is -0.146. The summed E-state index contributed by atoms with van der Waals surface area (Å²) in [6.07, 6.45) is -6.11. The second kappa shape index (κ2) is 11.5. The van der Waals surface area contributed by atoms with Crippen LogP contribution < -0.4 is 11.1 Å². The van der Waals surface area contributed by atoms with E-state index >= 15 is 0 Å². The minimum absolute atomic E-state index is 0.138. The maximum absolute atomic E-state index is 13.4. The highest BCUT2D eigenvalue weighted by atomic mass is 35.5. The second-order valence-corrected chi connectivity index (χ2v) is 10.6. The lowest BCUT2D eigenvalue weighted by Crippen LogP contribution is -2.47. The van der Waals surface area contributed by atoms with E-state index in [2.05, 4.69) is 10.3 Å². The first-order valence-corrected chi connectivity index (χ1v) is 13.0. The Balaban J connectivity index is 1.69. The zero-order valence-corrected chi connectivity index (χ0v) is 21.7. The standard InChI is InChI=1S/C27H26Cl2F3N3O3/c28-16-8-6-15(7-9-16)23-17-2-1-3-21(29)19(17)13-22(36)25(34-23)35-26(38)18(10-11-27(30,31)32)20(24(33)37)12-14-4-5-14/h1-3,6-9,14,18,20,25H,4-5,10-13H2,(H2,33,37)(H,35,38)/t18-,20+,25-/m1/s1. The third kappa shape index (κ3) is 6.94. The van der Waals surface area contributed by atoms with Crippen molar-refractivity contribution in [1.29, 1.82) is 0 Å². The lowest BCUT2D eigenvalue weighted by Gasteiger charge is -2.26. The summed E-state index contributed by atoms with van der Waals surface area (Å²) < 4.78 is 39.3. The van der Waals surface area contributed by atoms with E-state index in [-0.39, 0.29) is 18.8 Å². The summed E-state index contributed by atoms with van der Waals surface area (Å²) in [5, 5.41) is 3.34. The highest BCUT2D eigenvalue weighted by molar-refractivity contribution is 6.33. The molecule has 0 bridgehead atoms. The van der Waals surface area contributed by atoms with E-state index < -0.39 is 54.6 Å². The lowest BCUT2D eigenvalue weighted by atomic mass is 9.83. The van der Waals surface area contributed by atoms with Crippen LogP contribution in [0, 0.1) is 17.8 Å². The molecular weight excluding hydrogens is 542 g/mol. The van der Waals surface area contributed by atoms with Gasteiger partial charge in [-0.15, -0.1) is 0 Å². The summed E-state index contributed by atoms with van der Waals surface area (Å²) >= 11 is 12.4. The van der Waals surface area contributed by atoms with Crippen LogP contribution in [-0.2, 0) is 20.8 Å². The van der Waals surface area contributed by atoms with Crippen molar-refractivity contribution in [2.45, 2.75) is 50.9 Å². The highest BCUT2D eigenvalue weighted by Gasteiger charge is 2.41. The number of benzene rings is 2. The molecule has 1 saturated carbocycles. The maximum atomic E-state index is 13.4. The number of nitrogens with one attached hydrogen (secondary N) is 1. The molecule has 1 aliphatic carbocycles. The highest BCUT2D eigenvalue weighted by Crippen LogP contribution is 2.39. The van der Waals surface area contributed by atoms with Gasteiger partial charge >= 0.3 is 6.18 Å². The molecule has 2 aromatic rings. The van der Waals surface area contributed by atoms with Crippen molar-refractivity contribution in [3.05, 3.63) is 69.2 Å². The van der Waals surface area contributed by atoms with Crippen LogP contribution in [0.25, 0.3) is 0 Å². The summed E-state index contributed by atoms with van der Waals surface area (Å²) in [5.41, 5.74) is 7.61. The van der Waals surface area contributed by atoms with Gasteiger partial charge in [-0.3, -0.25) is 19.4 Å². The fourth-order valence-corrected chi connectivity index (χ4v) is 5.09. The van der Waals surface area contributed by atoms with Crippen LogP contribution in [-0.4, -0.2) is 35.7 Å². The van der Waals surface area contributed by atoms with Crippen molar-refractivity contribution in [1.82, 2.24) is 5.32 Å². The molecule has 3 N–H and O–H groups in total. The number of ketones is 1. The molecular formula is C27H26Cl2F3N3O3. The number of nitrogens with zero attached hydrogens (tertiary/aromatic N) is 1. The molecule has 0 aromatic heterocycles. The van der Waals surface area contributed by atoms with E-state index in [9.17, 15) is 27.6 Å². The van der Waals surface area contributed by atoms with Gasteiger partial charge in [-0.25, -0.2) is 0 Å². The number of Topliss-reactive ketones (excluding diaryl/α,β-unsaturated/α-hetero) is 1. The smallest absolute Gasteiger partial charge is 0.369 e. The zero-order chi connectivity index (χ0) is 27.6. The average molecular weight is 568 g/mol. The van der Waals surface area contributed by atoms with Crippen LogP contribution in [0.2, 0.25) is 10.0 Å².